The monoisotopic (exact) mass is 328 g/mol. The molecule has 0 bridgehead atoms. The highest BCUT2D eigenvalue weighted by molar-refractivity contribution is 7.89. The van der Waals surface area contributed by atoms with E-state index in [1.165, 1.54) is 12.1 Å². The lowest BCUT2D eigenvalue weighted by atomic mass is 10.3. The number of benzene rings is 1. The van der Waals surface area contributed by atoms with Crippen molar-refractivity contribution in [2.24, 2.45) is 0 Å². The van der Waals surface area contributed by atoms with E-state index in [1.54, 1.807) is 17.0 Å². The zero-order valence-electron chi connectivity index (χ0n) is 12.4. The second-order valence-electron chi connectivity index (χ2n) is 4.72. The topological polar surface area (TPSA) is 84.9 Å². The minimum absolute atomic E-state index is 0.103. The highest BCUT2D eigenvalue weighted by Gasteiger charge is 2.20. The smallest absolute Gasteiger partial charge is 0.241 e. The maximum Gasteiger partial charge on any atom is 0.241 e. The molecule has 1 heterocycles. The lowest BCUT2D eigenvalue weighted by molar-refractivity contribution is -0.133. The van der Waals surface area contributed by atoms with Crippen LogP contribution in [0.25, 0.3) is 0 Å². The molecule has 2 rings (SSSR count). The number of carbonyl (C=O) groups excluding carboxylic acids is 1. The number of carbonyl (C=O) groups is 1. The van der Waals surface area contributed by atoms with Gasteiger partial charge in [0.25, 0.3) is 0 Å². The first kappa shape index (κ1) is 16.7. The van der Waals surface area contributed by atoms with E-state index in [0.717, 1.165) is 0 Å². The minimum atomic E-state index is -3.71. The molecule has 0 saturated carbocycles. The van der Waals surface area contributed by atoms with Crippen LogP contribution in [0.15, 0.2) is 29.2 Å². The van der Waals surface area contributed by atoms with Gasteiger partial charge in [0.2, 0.25) is 15.9 Å². The second kappa shape index (κ2) is 7.57. The van der Waals surface area contributed by atoms with Crippen molar-refractivity contribution in [2.75, 3.05) is 39.5 Å². The quantitative estimate of drug-likeness (QED) is 0.808. The maximum atomic E-state index is 12.1. The third-order valence-corrected chi connectivity index (χ3v) is 4.64. The van der Waals surface area contributed by atoms with Crippen LogP contribution < -0.4 is 9.46 Å². The van der Waals surface area contributed by atoms with Crippen molar-refractivity contribution in [3.63, 3.8) is 0 Å². The molecule has 8 heteroatoms. The molecule has 22 heavy (non-hydrogen) atoms. The molecule has 1 fully saturated rings. The highest BCUT2D eigenvalue weighted by atomic mass is 32.2. The first-order valence-corrected chi connectivity index (χ1v) is 8.59. The van der Waals surface area contributed by atoms with Crippen LogP contribution >= 0.6 is 0 Å². The Balaban J connectivity index is 1.93. The van der Waals surface area contributed by atoms with Crippen LogP contribution in [0, 0.1) is 0 Å². The minimum Gasteiger partial charge on any atom is -0.494 e. The van der Waals surface area contributed by atoms with Crippen LogP contribution in [0.1, 0.15) is 6.92 Å². The van der Waals surface area contributed by atoms with Gasteiger partial charge in [-0.3, -0.25) is 4.79 Å². The Bertz CT molecular complexity index is 594. The zero-order chi connectivity index (χ0) is 16.0. The van der Waals surface area contributed by atoms with Gasteiger partial charge in [-0.15, -0.1) is 0 Å². The van der Waals surface area contributed by atoms with Crippen molar-refractivity contribution in [2.45, 2.75) is 11.8 Å². The van der Waals surface area contributed by atoms with Crippen LogP contribution in [0.5, 0.6) is 5.75 Å². The van der Waals surface area contributed by atoms with Gasteiger partial charge in [-0.25, -0.2) is 13.1 Å². The van der Waals surface area contributed by atoms with E-state index in [-0.39, 0.29) is 17.3 Å². The third-order valence-electron chi connectivity index (χ3n) is 3.22. The normalized spacial score (nSPS) is 15.6. The summed E-state index contributed by atoms with van der Waals surface area (Å²) in [5, 5.41) is 0. The summed E-state index contributed by atoms with van der Waals surface area (Å²) in [6.45, 7) is 4.05. The molecule has 0 spiro atoms. The Labute approximate surface area is 130 Å². The van der Waals surface area contributed by atoms with Gasteiger partial charge in [0.1, 0.15) is 5.75 Å². The molecule has 7 nitrogen and oxygen atoms in total. The van der Waals surface area contributed by atoms with E-state index in [1.807, 2.05) is 6.92 Å². The van der Waals surface area contributed by atoms with Crippen molar-refractivity contribution in [1.82, 2.24) is 9.62 Å². The molecule has 1 aromatic rings. The molecule has 1 saturated heterocycles. The predicted octanol–water partition coefficient (Wildman–Crippen LogP) is 0.222. The lowest BCUT2D eigenvalue weighted by Crippen LogP contribution is -2.45. The van der Waals surface area contributed by atoms with Crippen molar-refractivity contribution < 1.29 is 22.7 Å². The fourth-order valence-corrected chi connectivity index (χ4v) is 3.02. The molecule has 1 N–H and O–H groups in total. The Morgan fingerprint density at radius 1 is 1.27 bits per heavy atom. The molecule has 1 aliphatic heterocycles. The average Bonchev–Trinajstić information content (AvgIpc) is 2.54. The Morgan fingerprint density at radius 3 is 2.50 bits per heavy atom. The van der Waals surface area contributed by atoms with Gasteiger partial charge < -0.3 is 14.4 Å². The maximum absolute atomic E-state index is 12.1. The summed E-state index contributed by atoms with van der Waals surface area (Å²) < 4.78 is 37.0. The fraction of sp³-hybridized carbons (Fsp3) is 0.500. The molecule has 0 aromatic heterocycles. The molecule has 0 radical (unpaired) electrons. The third kappa shape index (κ3) is 4.43. The van der Waals surface area contributed by atoms with Crippen molar-refractivity contribution in [3.8, 4) is 5.75 Å². The van der Waals surface area contributed by atoms with E-state index in [9.17, 15) is 13.2 Å². The number of amides is 1. The van der Waals surface area contributed by atoms with E-state index in [2.05, 4.69) is 4.72 Å². The van der Waals surface area contributed by atoms with Crippen molar-refractivity contribution in [1.29, 1.82) is 0 Å². The summed E-state index contributed by atoms with van der Waals surface area (Å²) in [5.74, 6) is 0.351. The second-order valence-corrected chi connectivity index (χ2v) is 6.49. The lowest BCUT2D eigenvalue weighted by Gasteiger charge is -2.26. The van der Waals surface area contributed by atoms with E-state index >= 15 is 0 Å². The van der Waals surface area contributed by atoms with Crippen LogP contribution in [0.4, 0.5) is 0 Å². The molecular weight excluding hydrogens is 308 g/mol. The van der Waals surface area contributed by atoms with Crippen LogP contribution in [-0.2, 0) is 19.6 Å². The van der Waals surface area contributed by atoms with Gasteiger partial charge in [-0.2, -0.15) is 0 Å². The van der Waals surface area contributed by atoms with Crippen molar-refractivity contribution in [3.05, 3.63) is 24.3 Å². The van der Waals surface area contributed by atoms with E-state index in [4.69, 9.17) is 9.47 Å². The summed E-state index contributed by atoms with van der Waals surface area (Å²) in [4.78, 5) is 13.6. The van der Waals surface area contributed by atoms with Gasteiger partial charge >= 0.3 is 0 Å². The molecular formula is C14H20N2O5S. The van der Waals surface area contributed by atoms with Gasteiger partial charge in [0.15, 0.2) is 0 Å². The number of ether oxygens (including phenoxy) is 2. The molecule has 0 atom stereocenters. The average molecular weight is 328 g/mol. The summed E-state index contributed by atoms with van der Waals surface area (Å²) in [6, 6.07) is 6.07. The number of rotatable bonds is 6. The fourth-order valence-electron chi connectivity index (χ4n) is 2.05. The number of nitrogens with one attached hydrogen (secondary N) is 1. The van der Waals surface area contributed by atoms with Crippen LogP contribution in [-0.4, -0.2) is 58.7 Å². The summed E-state index contributed by atoms with van der Waals surface area (Å²) in [6.07, 6.45) is 0. The Hall–Kier alpha value is -1.64. The first-order chi connectivity index (χ1) is 10.5. The number of hydrogen-bond donors (Lipinski definition) is 1. The van der Waals surface area contributed by atoms with Gasteiger partial charge in [0.05, 0.1) is 31.3 Å². The Kier molecular flexibility index (Phi) is 5.76. The standard InChI is InChI=1S/C14H20N2O5S/c1-2-21-12-3-5-13(6-4-12)22(18,19)15-11-14(17)16-7-9-20-10-8-16/h3-6,15H,2,7-11H2,1H3. The SMILES string of the molecule is CCOc1ccc(S(=O)(=O)NCC(=O)N2CCOCC2)cc1. The number of sulfonamides is 1. The predicted molar refractivity (Wildman–Crippen MR) is 80.2 cm³/mol. The molecule has 0 aliphatic carbocycles. The molecule has 122 valence electrons. The van der Waals surface area contributed by atoms with E-state index < -0.39 is 10.0 Å². The summed E-state index contributed by atoms with van der Waals surface area (Å²) in [5.41, 5.74) is 0. The van der Waals surface area contributed by atoms with Crippen molar-refractivity contribution >= 4 is 15.9 Å². The van der Waals surface area contributed by atoms with Crippen LogP contribution in [0.2, 0.25) is 0 Å². The molecule has 0 unspecified atom stereocenters. The number of hydrogen-bond acceptors (Lipinski definition) is 5. The van der Waals surface area contributed by atoms with Crippen LogP contribution in [0.3, 0.4) is 0 Å². The summed E-state index contributed by atoms with van der Waals surface area (Å²) >= 11 is 0. The molecule has 1 aromatic carbocycles. The zero-order valence-corrected chi connectivity index (χ0v) is 13.3. The first-order valence-electron chi connectivity index (χ1n) is 7.11. The van der Waals surface area contributed by atoms with Gasteiger partial charge in [-0.05, 0) is 31.2 Å². The summed E-state index contributed by atoms with van der Waals surface area (Å²) in [7, 11) is -3.71. The molecule has 1 amide bonds. The highest BCUT2D eigenvalue weighted by Crippen LogP contribution is 2.15. The van der Waals surface area contributed by atoms with E-state index in [0.29, 0.717) is 38.7 Å². The number of nitrogens with zero attached hydrogens (tertiary/aromatic N) is 1. The Morgan fingerprint density at radius 2 is 1.91 bits per heavy atom. The molecule has 1 aliphatic rings. The number of morpholine rings is 1. The van der Waals surface area contributed by atoms with Gasteiger partial charge in [0, 0.05) is 13.1 Å². The van der Waals surface area contributed by atoms with Gasteiger partial charge in [-0.1, -0.05) is 0 Å². The largest absolute Gasteiger partial charge is 0.494 e.